The number of furan rings is 1. The highest BCUT2D eigenvalue weighted by molar-refractivity contribution is 5.88. The van der Waals surface area contributed by atoms with E-state index in [4.69, 9.17) is 4.42 Å². The third-order valence-corrected chi connectivity index (χ3v) is 4.70. The van der Waals surface area contributed by atoms with Gasteiger partial charge in [0.15, 0.2) is 0 Å². The minimum Gasteiger partial charge on any atom is -0.464 e. The number of nitrogens with one attached hydrogen (secondary N) is 1. The first-order valence-corrected chi connectivity index (χ1v) is 8.95. The normalized spacial score (nSPS) is 12.3. The van der Waals surface area contributed by atoms with Gasteiger partial charge in [-0.05, 0) is 37.0 Å². The molecule has 0 fully saturated rings. The SMILES string of the molecule is CCc1ccc2c(CC(=O)NC(CC)c3ccc(C)cc3)coc2c1. The molecule has 3 nitrogen and oxygen atoms in total. The third-order valence-electron chi connectivity index (χ3n) is 4.70. The van der Waals surface area contributed by atoms with Gasteiger partial charge < -0.3 is 9.73 Å². The smallest absolute Gasteiger partial charge is 0.225 e. The first kappa shape index (κ1) is 17.3. The van der Waals surface area contributed by atoms with Crippen molar-refractivity contribution in [1.82, 2.24) is 5.32 Å². The number of rotatable bonds is 6. The molecule has 1 amide bonds. The van der Waals surface area contributed by atoms with E-state index in [-0.39, 0.29) is 11.9 Å². The standard InChI is InChI=1S/C22H25NO2/c1-4-16-8-11-19-18(14-25-21(19)12-16)13-22(24)23-20(5-2)17-9-6-15(3)7-10-17/h6-12,14,20H,4-5,13H2,1-3H3,(H,23,24). The Morgan fingerprint density at radius 1 is 1.12 bits per heavy atom. The van der Waals surface area contributed by atoms with Crippen LogP contribution in [0.15, 0.2) is 53.1 Å². The molecule has 0 radical (unpaired) electrons. The summed E-state index contributed by atoms with van der Waals surface area (Å²) in [4.78, 5) is 12.5. The molecule has 1 aromatic heterocycles. The molecule has 1 atom stereocenters. The van der Waals surface area contributed by atoms with Gasteiger partial charge in [-0.25, -0.2) is 0 Å². The van der Waals surface area contributed by atoms with Crippen molar-refractivity contribution in [3.8, 4) is 0 Å². The number of amides is 1. The second-order valence-corrected chi connectivity index (χ2v) is 6.56. The van der Waals surface area contributed by atoms with E-state index in [1.165, 1.54) is 11.1 Å². The van der Waals surface area contributed by atoms with Gasteiger partial charge in [0, 0.05) is 10.9 Å². The van der Waals surface area contributed by atoms with E-state index >= 15 is 0 Å². The van der Waals surface area contributed by atoms with Gasteiger partial charge in [-0.3, -0.25) is 4.79 Å². The summed E-state index contributed by atoms with van der Waals surface area (Å²) in [6, 6.07) is 14.6. The predicted molar refractivity (Wildman–Crippen MR) is 102 cm³/mol. The van der Waals surface area contributed by atoms with Gasteiger partial charge in [-0.1, -0.05) is 55.8 Å². The summed E-state index contributed by atoms with van der Waals surface area (Å²) in [7, 11) is 0. The topological polar surface area (TPSA) is 42.2 Å². The van der Waals surface area contributed by atoms with Crippen molar-refractivity contribution in [1.29, 1.82) is 0 Å². The highest BCUT2D eigenvalue weighted by Gasteiger charge is 2.15. The van der Waals surface area contributed by atoms with E-state index in [9.17, 15) is 4.79 Å². The lowest BCUT2D eigenvalue weighted by Crippen LogP contribution is -2.29. The van der Waals surface area contributed by atoms with Crippen LogP contribution < -0.4 is 5.32 Å². The van der Waals surface area contributed by atoms with Crippen LogP contribution >= 0.6 is 0 Å². The Balaban J connectivity index is 1.72. The first-order valence-electron chi connectivity index (χ1n) is 8.95. The number of hydrogen-bond acceptors (Lipinski definition) is 2. The zero-order valence-corrected chi connectivity index (χ0v) is 15.1. The van der Waals surface area contributed by atoms with Gasteiger partial charge in [0.1, 0.15) is 5.58 Å². The monoisotopic (exact) mass is 335 g/mol. The predicted octanol–water partition coefficient (Wildman–Crippen LogP) is 5.11. The summed E-state index contributed by atoms with van der Waals surface area (Å²) in [5.41, 5.74) is 5.40. The van der Waals surface area contributed by atoms with Gasteiger partial charge in [0.25, 0.3) is 0 Å². The van der Waals surface area contributed by atoms with Crippen LogP contribution in [0.4, 0.5) is 0 Å². The summed E-state index contributed by atoms with van der Waals surface area (Å²) >= 11 is 0. The van der Waals surface area contributed by atoms with E-state index in [1.54, 1.807) is 6.26 Å². The summed E-state index contributed by atoms with van der Waals surface area (Å²) in [5.74, 6) is 0.0229. The van der Waals surface area contributed by atoms with Crippen molar-refractivity contribution >= 4 is 16.9 Å². The largest absolute Gasteiger partial charge is 0.464 e. The molecule has 0 aliphatic rings. The van der Waals surface area contributed by atoms with Crippen molar-refractivity contribution in [2.24, 2.45) is 0 Å². The van der Waals surface area contributed by atoms with E-state index in [1.807, 2.05) is 0 Å². The third kappa shape index (κ3) is 3.93. The van der Waals surface area contributed by atoms with Crippen LogP contribution in [-0.4, -0.2) is 5.91 Å². The Labute approximate surface area is 149 Å². The second-order valence-electron chi connectivity index (χ2n) is 6.56. The van der Waals surface area contributed by atoms with Crippen molar-refractivity contribution in [2.45, 2.75) is 46.1 Å². The van der Waals surface area contributed by atoms with Crippen molar-refractivity contribution < 1.29 is 9.21 Å². The maximum absolute atomic E-state index is 12.5. The molecular weight excluding hydrogens is 310 g/mol. The fourth-order valence-electron chi connectivity index (χ4n) is 3.12. The molecule has 1 heterocycles. The zero-order chi connectivity index (χ0) is 17.8. The summed E-state index contributed by atoms with van der Waals surface area (Å²) < 4.78 is 5.64. The van der Waals surface area contributed by atoms with E-state index in [0.29, 0.717) is 6.42 Å². The Morgan fingerprint density at radius 2 is 1.88 bits per heavy atom. The fourth-order valence-corrected chi connectivity index (χ4v) is 3.12. The summed E-state index contributed by atoms with van der Waals surface area (Å²) in [5, 5.41) is 4.17. The quantitative estimate of drug-likeness (QED) is 0.680. The molecule has 3 rings (SSSR count). The average molecular weight is 335 g/mol. The number of hydrogen-bond donors (Lipinski definition) is 1. The lowest BCUT2D eigenvalue weighted by molar-refractivity contribution is -0.121. The van der Waals surface area contributed by atoms with E-state index in [0.717, 1.165) is 34.9 Å². The Morgan fingerprint density at radius 3 is 2.56 bits per heavy atom. The van der Waals surface area contributed by atoms with Gasteiger partial charge >= 0.3 is 0 Å². The molecule has 0 bridgehead atoms. The number of fused-ring (bicyclic) bond motifs is 1. The van der Waals surface area contributed by atoms with E-state index < -0.39 is 0 Å². The van der Waals surface area contributed by atoms with Crippen LogP contribution in [0.1, 0.15) is 48.6 Å². The van der Waals surface area contributed by atoms with Crippen LogP contribution in [-0.2, 0) is 17.6 Å². The molecule has 0 aliphatic heterocycles. The Bertz CT molecular complexity index is 861. The molecule has 3 aromatic rings. The maximum atomic E-state index is 12.5. The lowest BCUT2D eigenvalue weighted by atomic mass is 10.0. The zero-order valence-electron chi connectivity index (χ0n) is 15.1. The van der Waals surface area contributed by atoms with E-state index in [2.05, 4.69) is 68.6 Å². The Kier molecular flexibility index (Phi) is 5.22. The van der Waals surface area contributed by atoms with Gasteiger partial charge in [-0.2, -0.15) is 0 Å². The molecule has 0 saturated heterocycles. The molecule has 1 N–H and O–H groups in total. The van der Waals surface area contributed by atoms with Crippen molar-refractivity contribution in [3.05, 3.63) is 71.0 Å². The summed E-state index contributed by atoms with van der Waals surface area (Å²) in [6.07, 6.45) is 3.87. The molecule has 25 heavy (non-hydrogen) atoms. The van der Waals surface area contributed by atoms with Gasteiger partial charge in [-0.15, -0.1) is 0 Å². The minimum atomic E-state index is 0.0229. The molecule has 0 saturated carbocycles. The van der Waals surface area contributed by atoms with Crippen molar-refractivity contribution in [2.75, 3.05) is 0 Å². The average Bonchev–Trinajstić information content (AvgIpc) is 3.02. The number of benzene rings is 2. The molecule has 1 unspecified atom stereocenters. The number of carbonyl (C=O) groups excluding carboxylic acids is 1. The Hall–Kier alpha value is -2.55. The van der Waals surface area contributed by atoms with Crippen LogP contribution in [0.2, 0.25) is 0 Å². The highest BCUT2D eigenvalue weighted by Crippen LogP contribution is 2.24. The molecule has 0 spiro atoms. The summed E-state index contributed by atoms with van der Waals surface area (Å²) in [6.45, 7) is 6.27. The lowest BCUT2D eigenvalue weighted by Gasteiger charge is -2.17. The first-order chi connectivity index (χ1) is 12.1. The second kappa shape index (κ2) is 7.56. The molecule has 3 heteroatoms. The van der Waals surface area contributed by atoms with Crippen LogP contribution in [0, 0.1) is 6.92 Å². The molecule has 2 aromatic carbocycles. The highest BCUT2D eigenvalue weighted by atomic mass is 16.3. The molecule has 130 valence electrons. The van der Waals surface area contributed by atoms with Crippen molar-refractivity contribution in [3.63, 3.8) is 0 Å². The number of aryl methyl sites for hydroxylation is 2. The van der Waals surface area contributed by atoms with Gasteiger partial charge in [0.2, 0.25) is 5.91 Å². The van der Waals surface area contributed by atoms with Crippen LogP contribution in [0.3, 0.4) is 0 Å². The van der Waals surface area contributed by atoms with Crippen LogP contribution in [0.5, 0.6) is 0 Å². The number of carbonyl (C=O) groups is 1. The van der Waals surface area contributed by atoms with Crippen LogP contribution in [0.25, 0.3) is 11.0 Å². The minimum absolute atomic E-state index is 0.0229. The maximum Gasteiger partial charge on any atom is 0.225 e. The molecule has 0 aliphatic carbocycles. The van der Waals surface area contributed by atoms with Gasteiger partial charge in [0.05, 0.1) is 18.7 Å². The fraction of sp³-hybridized carbons (Fsp3) is 0.318. The molecular formula is C22H25NO2.